The molecule has 3 heterocycles. The molecule has 0 N–H and O–H groups in total. The second kappa shape index (κ2) is 6.52. The summed E-state index contributed by atoms with van der Waals surface area (Å²) < 4.78 is 1.92. The van der Waals surface area contributed by atoms with Crippen molar-refractivity contribution in [1.29, 1.82) is 0 Å². The first kappa shape index (κ1) is 13.8. The van der Waals surface area contributed by atoms with Gasteiger partial charge in [-0.05, 0) is 43.0 Å². The number of pyridine rings is 1. The maximum Gasteiger partial charge on any atom is 0.223 e. The zero-order chi connectivity index (χ0) is 14.5. The molecular weight excluding hydrogens is 264 g/mol. The van der Waals surface area contributed by atoms with Gasteiger partial charge in [0.1, 0.15) is 0 Å². The Bertz CT molecular complexity index is 567. The molecule has 0 aromatic carbocycles. The molecule has 110 valence electrons. The Morgan fingerprint density at radius 2 is 2.14 bits per heavy atom. The summed E-state index contributed by atoms with van der Waals surface area (Å²) in [5.74, 6) is 0.251. The lowest BCUT2D eigenvalue weighted by atomic mass is 10.1. The predicted octanol–water partition coefficient (Wildman–Crippen LogP) is 1.90. The molecule has 1 fully saturated rings. The minimum absolute atomic E-state index is 0.251. The van der Waals surface area contributed by atoms with Crippen molar-refractivity contribution in [3.63, 3.8) is 0 Å². The van der Waals surface area contributed by atoms with Crippen molar-refractivity contribution in [2.45, 2.75) is 38.3 Å². The molecule has 1 atom stereocenters. The minimum atomic E-state index is 0.251. The SMILES string of the molecule is O=C(CCc1ccncc1)N1CCCC1Cn1cccn1. The Balaban J connectivity index is 1.55. The van der Waals surface area contributed by atoms with E-state index in [0.717, 1.165) is 32.4 Å². The summed E-state index contributed by atoms with van der Waals surface area (Å²) >= 11 is 0. The Kier molecular flexibility index (Phi) is 4.28. The third-order valence-electron chi connectivity index (χ3n) is 4.03. The van der Waals surface area contributed by atoms with Gasteiger partial charge in [-0.3, -0.25) is 14.5 Å². The lowest BCUT2D eigenvalue weighted by Crippen LogP contribution is -2.38. The molecule has 0 saturated carbocycles. The van der Waals surface area contributed by atoms with E-state index in [2.05, 4.69) is 10.1 Å². The van der Waals surface area contributed by atoms with Gasteiger partial charge in [-0.15, -0.1) is 0 Å². The number of likely N-dealkylation sites (tertiary alicyclic amines) is 1. The molecule has 2 aromatic rings. The van der Waals surface area contributed by atoms with Crippen LogP contribution < -0.4 is 0 Å². The maximum atomic E-state index is 12.4. The number of carbonyl (C=O) groups is 1. The highest BCUT2D eigenvalue weighted by molar-refractivity contribution is 5.77. The van der Waals surface area contributed by atoms with Crippen LogP contribution in [0.25, 0.3) is 0 Å². The smallest absolute Gasteiger partial charge is 0.223 e. The van der Waals surface area contributed by atoms with Gasteiger partial charge in [-0.2, -0.15) is 5.10 Å². The van der Waals surface area contributed by atoms with Gasteiger partial charge in [-0.1, -0.05) is 0 Å². The van der Waals surface area contributed by atoms with Gasteiger partial charge < -0.3 is 4.90 Å². The van der Waals surface area contributed by atoms with Crippen LogP contribution in [0.5, 0.6) is 0 Å². The van der Waals surface area contributed by atoms with Crippen molar-refractivity contribution in [2.75, 3.05) is 6.54 Å². The van der Waals surface area contributed by atoms with Crippen molar-refractivity contribution >= 4 is 5.91 Å². The van der Waals surface area contributed by atoms with Crippen LogP contribution >= 0.6 is 0 Å². The lowest BCUT2D eigenvalue weighted by molar-refractivity contribution is -0.132. The largest absolute Gasteiger partial charge is 0.338 e. The van der Waals surface area contributed by atoms with Crippen LogP contribution in [0.4, 0.5) is 0 Å². The molecule has 1 unspecified atom stereocenters. The molecule has 1 amide bonds. The number of carbonyl (C=O) groups excluding carboxylic acids is 1. The van der Waals surface area contributed by atoms with E-state index >= 15 is 0 Å². The number of aromatic nitrogens is 3. The van der Waals surface area contributed by atoms with Crippen LogP contribution in [0.2, 0.25) is 0 Å². The summed E-state index contributed by atoms with van der Waals surface area (Å²) in [7, 11) is 0. The Morgan fingerprint density at radius 1 is 1.29 bits per heavy atom. The van der Waals surface area contributed by atoms with E-state index in [4.69, 9.17) is 0 Å². The Morgan fingerprint density at radius 3 is 2.90 bits per heavy atom. The third-order valence-corrected chi connectivity index (χ3v) is 4.03. The van der Waals surface area contributed by atoms with Crippen molar-refractivity contribution in [3.05, 3.63) is 48.5 Å². The second-order valence-corrected chi connectivity index (χ2v) is 5.47. The fourth-order valence-corrected chi connectivity index (χ4v) is 2.92. The fraction of sp³-hybridized carbons (Fsp3) is 0.438. The molecule has 0 radical (unpaired) electrons. The number of rotatable bonds is 5. The molecule has 0 aliphatic carbocycles. The van der Waals surface area contributed by atoms with Gasteiger partial charge in [0, 0.05) is 37.8 Å². The number of nitrogens with zero attached hydrogens (tertiary/aromatic N) is 4. The first-order valence-corrected chi connectivity index (χ1v) is 7.49. The summed E-state index contributed by atoms with van der Waals surface area (Å²) in [6.07, 6.45) is 10.8. The highest BCUT2D eigenvalue weighted by Crippen LogP contribution is 2.20. The Labute approximate surface area is 124 Å². The minimum Gasteiger partial charge on any atom is -0.338 e. The third kappa shape index (κ3) is 3.48. The van der Waals surface area contributed by atoms with Crippen LogP contribution in [-0.4, -0.2) is 38.2 Å². The molecule has 3 rings (SSSR count). The van der Waals surface area contributed by atoms with Gasteiger partial charge >= 0.3 is 0 Å². The van der Waals surface area contributed by atoms with Crippen LogP contribution in [-0.2, 0) is 17.8 Å². The number of hydrogen-bond acceptors (Lipinski definition) is 3. The Hall–Kier alpha value is -2.17. The van der Waals surface area contributed by atoms with E-state index in [1.807, 2.05) is 34.0 Å². The van der Waals surface area contributed by atoms with E-state index in [0.29, 0.717) is 6.42 Å². The van der Waals surface area contributed by atoms with Crippen LogP contribution in [0.3, 0.4) is 0 Å². The van der Waals surface area contributed by atoms with Gasteiger partial charge in [-0.25, -0.2) is 0 Å². The molecule has 0 bridgehead atoms. The van der Waals surface area contributed by atoms with E-state index < -0.39 is 0 Å². The van der Waals surface area contributed by atoms with Gasteiger partial charge in [0.05, 0.1) is 12.6 Å². The normalized spacial score (nSPS) is 18.1. The van der Waals surface area contributed by atoms with Crippen molar-refractivity contribution in [2.24, 2.45) is 0 Å². The molecule has 21 heavy (non-hydrogen) atoms. The van der Waals surface area contributed by atoms with Crippen molar-refractivity contribution in [3.8, 4) is 0 Å². The molecule has 1 saturated heterocycles. The zero-order valence-electron chi connectivity index (χ0n) is 12.1. The summed E-state index contributed by atoms with van der Waals surface area (Å²) in [5, 5.41) is 4.24. The van der Waals surface area contributed by atoms with E-state index in [1.54, 1.807) is 18.6 Å². The van der Waals surface area contributed by atoms with Gasteiger partial charge in [0.15, 0.2) is 0 Å². The number of amides is 1. The fourth-order valence-electron chi connectivity index (χ4n) is 2.92. The summed E-state index contributed by atoms with van der Waals surface area (Å²) in [5.41, 5.74) is 1.17. The molecular formula is C16H20N4O. The standard InChI is InChI=1S/C16H20N4O/c21-16(5-4-14-6-9-17-10-7-14)20-12-1-3-15(20)13-19-11-2-8-18-19/h2,6-11,15H,1,3-5,12-13H2. The van der Waals surface area contributed by atoms with Crippen LogP contribution in [0.15, 0.2) is 43.0 Å². The first-order chi connectivity index (χ1) is 10.3. The highest BCUT2D eigenvalue weighted by Gasteiger charge is 2.28. The highest BCUT2D eigenvalue weighted by atomic mass is 16.2. The monoisotopic (exact) mass is 284 g/mol. The first-order valence-electron chi connectivity index (χ1n) is 7.49. The average Bonchev–Trinajstić information content (AvgIpc) is 3.18. The molecule has 5 heteroatoms. The van der Waals surface area contributed by atoms with Crippen LogP contribution in [0, 0.1) is 0 Å². The van der Waals surface area contributed by atoms with E-state index in [-0.39, 0.29) is 11.9 Å². The second-order valence-electron chi connectivity index (χ2n) is 5.47. The molecule has 1 aliphatic rings. The predicted molar refractivity (Wildman–Crippen MR) is 79.5 cm³/mol. The molecule has 2 aromatic heterocycles. The quantitative estimate of drug-likeness (QED) is 0.842. The maximum absolute atomic E-state index is 12.4. The van der Waals surface area contributed by atoms with Gasteiger partial charge in [0.2, 0.25) is 5.91 Å². The van der Waals surface area contributed by atoms with Gasteiger partial charge in [0.25, 0.3) is 0 Å². The van der Waals surface area contributed by atoms with Crippen molar-refractivity contribution < 1.29 is 4.79 Å². The van der Waals surface area contributed by atoms with Crippen molar-refractivity contribution in [1.82, 2.24) is 19.7 Å². The zero-order valence-corrected chi connectivity index (χ0v) is 12.1. The molecule has 1 aliphatic heterocycles. The number of aryl methyl sites for hydroxylation is 1. The number of hydrogen-bond donors (Lipinski definition) is 0. The van der Waals surface area contributed by atoms with E-state index in [9.17, 15) is 4.79 Å². The average molecular weight is 284 g/mol. The summed E-state index contributed by atoms with van der Waals surface area (Å²) in [6.45, 7) is 1.68. The summed E-state index contributed by atoms with van der Waals surface area (Å²) in [6, 6.07) is 6.15. The van der Waals surface area contributed by atoms with Crippen LogP contribution in [0.1, 0.15) is 24.8 Å². The lowest BCUT2D eigenvalue weighted by Gasteiger charge is -2.24. The topological polar surface area (TPSA) is 51.0 Å². The summed E-state index contributed by atoms with van der Waals surface area (Å²) in [4.78, 5) is 18.5. The van der Waals surface area contributed by atoms with E-state index in [1.165, 1.54) is 5.56 Å². The molecule has 0 spiro atoms. The molecule has 5 nitrogen and oxygen atoms in total.